The molecule has 2 aromatic carbocycles. The maximum atomic E-state index is 12.4. The van der Waals surface area contributed by atoms with Crippen LogP contribution in [0, 0.1) is 0 Å². The predicted molar refractivity (Wildman–Crippen MR) is 92.9 cm³/mol. The number of benzene rings is 2. The van der Waals surface area contributed by atoms with Crippen molar-refractivity contribution in [3.05, 3.63) is 65.7 Å². The number of likely N-dealkylation sites (N-methyl/N-ethyl adjacent to an activating group) is 2. The monoisotopic (exact) mass is 326 g/mol. The molecule has 0 spiro atoms. The van der Waals surface area contributed by atoms with E-state index in [-0.39, 0.29) is 18.4 Å². The molecule has 0 unspecified atom stereocenters. The zero-order chi connectivity index (χ0) is 17.5. The second kappa shape index (κ2) is 8.15. The molecule has 0 saturated heterocycles. The first-order chi connectivity index (χ1) is 11.5. The van der Waals surface area contributed by atoms with Crippen molar-refractivity contribution in [1.82, 2.24) is 9.80 Å². The molecule has 0 bridgehead atoms. The van der Waals surface area contributed by atoms with Gasteiger partial charge in [-0.05, 0) is 18.2 Å². The Morgan fingerprint density at radius 3 is 2.21 bits per heavy atom. The summed E-state index contributed by atoms with van der Waals surface area (Å²) in [5.41, 5.74) is 1.49. The highest BCUT2D eigenvalue weighted by Gasteiger charge is 2.18. The highest BCUT2D eigenvalue weighted by Crippen LogP contribution is 2.18. The van der Waals surface area contributed by atoms with Gasteiger partial charge in [0.2, 0.25) is 5.91 Å². The summed E-state index contributed by atoms with van der Waals surface area (Å²) >= 11 is 0. The Balaban J connectivity index is 1.97. The fourth-order valence-electron chi connectivity index (χ4n) is 2.37. The SMILES string of the molecule is COc1ccccc1CN(C)C(=O)CN(C)C(=O)c1ccccc1. The van der Waals surface area contributed by atoms with E-state index in [0.29, 0.717) is 12.1 Å². The molecular weight excluding hydrogens is 304 g/mol. The molecule has 0 aliphatic rings. The molecule has 0 N–H and O–H groups in total. The van der Waals surface area contributed by atoms with Crippen molar-refractivity contribution in [2.75, 3.05) is 27.7 Å². The normalized spacial score (nSPS) is 10.1. The van der Waals surface area contributed by atoms with Gasteiger partial charge in [-0.25, -0.2) is 0 Å². The summed E-state index contributed by atoms with van der Waals surface area (Å²) in [6, 6.07) is 16.5. The van der Waals surface area contributed by atoms with Gasteiger partial charge < -0.3 is 14.5 Å². The lowest BCUT2D eigenvalue weighted by atomic mass is 10.2. The Bertz CT molecular complexity index is 701. The number of methoxy groups -OCH3 is 1. The van der Waals surface area contributed by atoms with Crippen LogP contribution in [0.4, 0.5) is 0 Å². The zero-order valence-corrected chi connectivity index (χ0v) is 14.2. The fourth-order valence-corrected chi connectivity index (χ4v) is 2.37. The predicted octanol–water partition coefficient (Wildman–Crippen LogP) is 2.43. The smallest absolute Gasteiger partial charge is 0.254 e. The molecule has 0 aliphatic heterocycles. The van der Waals surface area contributed by atoms with Crippen LogP contribution in [0.5, 0.6) is 5.75 Å². The van der Waals surface area contributed by atoms with Crippen molar-refractivity contribution in [2.45, 2.75) is 6.54 Å². The number of nitrogens with zero attached hydrogens (tertiary/aromatic N) is 2. The van der Waals surface area contributed by atoms with E-state index in [9.17, 15) is 9.59 Å². The highest BCUT2D eigenvalue weighted by molar-refractivity contribution is 5.96. The van der Waals surface area contributed by atoms with Crippen molar-refractivity contribution < 1.29 is 14.3 Å². The third kappa shape index (κ3) is 4.35. The number of carbonyl (C=O) groups is 2. The van der Waals surface area contributed by atoms with Crippen LogP contribution in [0.15, 0.2) is 54.6 Å². The van der Waals surface area contributed by atoms with Gasteiger partial charge in [-0.2, -0.15) is 0 Å². The lowest BCUT2D eigenvalue weighted by Gasteiger charge is -2.23. The molecule has 0 saturated carbocycles. The molecule has 0 fully saturated rings. The van der Waals surface area contributed by atoms with E-state index in [0.717, 1.165) is 11.3 Å². The maximum Gasteiger partial charge on any atom is 0.254 e. The van der Waals surface area contributed by atoms with Crippen LogP contribution in [0.1, 0.15) is 15.9 Å². The van der Waals surface area contributed by atoms with Crippen LogP contribution in [0.3, 0.4) is 0 Å². The van der Waals surface area contributed by atoms with E-state index in [1.165, 1.54) is 4.90 Å². The standard InChI is InChI=1S/C19H22N2O3/c1-20(13-16-11-7-8-12-17(16)24-3)18(22)14-21(2)19(23)15-9-5-4-6-10-15/h4-12H,13-14H2,1-3H3. The molecule has 0 heterocycles. The topological polar surface area (TPSA) is 49.9 Å². The minimum atomic E-state index is -0.172. The fraction of sp³-hybridized carbons (Fsp3) is 0.263. The van der Waals surface area contributed by atoms with Crippen molar-refractivity contribution in [3.8, 4) is 5.75 Å². The van der Waals surface area contributed by atoms with Gasteiger partial charge in [0, 0.05) is 31.8 Å². The number of para-hydroxylation sites is 1. The molecule has 126 valence electrons. The first kappa shape index (κ1) is 17.5. The quantitative estimate of drug-likeness (QED) is 0.819. The molecule has 0 radical (unpaired) electrons. The number of rotatable bonds is 6. The second-order valence-corrected chi connectivity index (χ2v) is 5.59. The summed E-state index contributed by atoms with van der Waals surface area (Å²) in [7, 11) is 4.95. The Hall–Kier alpha value is -2.82. The number of ether oxygens (including phenoxy) is 1. The van der Waals surface area contributed by atoms with Crippen molar-refractivity contribution in [2.24, 2.45) is 0 Å². The number of hydrogen-bond donors (Lipinski definition) is 0. The van der Waals surface area contributed by atoms with Crippen LogP contribution in [-0.4, -0.2) is 49.4 Å². The number of amides is 2. The zero-order valence-electron chi connectivity index (χ0n) is 14.2. The lowest BCUT2D eigenvalue weighted by molar-refractivity contribution is -0.130. The molecule has 5 heteroatoms. The first-order valence-corrected chi connectivity index (χ1v) is 7.69. The Labute approximate surface area is 142 Å². The molecule has 24 heavy (non-hydrogen) atoms. The minimum Gasteiger partial charge on any atom is -0.496 e. The summed E-state index contributed by atoms with van der Waals surface area (Å²) in [6.07, 6.45) is 0. The van der Waals surface area contributed by atoms with Gasteiger partial charge in [-0.3, -0.25) is 9.59 Å². The average Bonchev–Trinajstić information content (AvgIpc) is 2.62. The van der Waals surface area contributed by atoms with Crippen LogP contribution in [0.2, 0.25) is 0 Å². The largest absolute Gasteiger partial charge is 0.496 e. The minimum absolute atomic E-state index is 0.0272. The number of hydrogen-bond acceptors (Lipinski definition) is 3. The Kier molecular flexibility index (Phi) is 5.95. The lowest BCUT2D eigenvalue weighted by Crippen LogP contribution is -2.39. The summed E-state index contributed by atoms with van der Waals surface area (Å²) < 4.78 is 5.30. The van der Waals surface area contributed by atoms with Gasteiger partial charge in [0.1, 0.15) is 5.75 Å². The van der Waals surface area contributed by atoms with Crippen molar-refractivity contribution in [3.63, 3.8) is 0 Å². The van der Waals surface area contributed by atoms with Gasteiger partial charge in [-0.1, -0.05) is 36.4 Å². The van der Waals surface area contributed by atoms with Gasteiger partial charge in [0.15, 0.2) is 0 Å². The number of carbonyl (C=O) groups excluding carboxylic acids is 2. The van der Waals surface area contributed by atoms with E-state index in [1.807, 2.05) is 30.3 Å². The van der Waals surface area contributed by atoms with E-state index >= 15 is 0 Å². The second-order valence-electron chi connectivity index (χ2n) is 5.59. The van der Waals surface area contributed by atoms with Gasteiger partial charge in [0.05, 0.1) is 13.7 Å². The van der Waals surface area contributed by atoms with Crippen LogP contribution in [-0.2, 0) is 11.3 Å². The summed E-state index contributed by atoms with van der Waals surface area (Å²) in [6.45, 7) is 0.454. The molecule has 2 amide bonds. The molecule has 0 aliphatic carbocycles. The molecule has 5 nitrogen and oxygen atoms in total. The maximum absolute atomic E-state index is 12.4. The third-order valence-electron chi connectivity index (χ3n) is 3.77. The van der Waals surface area contributed by atoms with E-state index in [1.54, 1.807) is 50.4 Å². The average molecular weight is 326 g/mol. The molecule has 2 rings (SSSR count). The van der Waals surface area contributed by atoms with Crippen LogP contribution < -0.4 is 4.74 Å². The summed E-state index contributed by atoms with van der Waals surface area (Å²) in [5.74, 6) is 0.438. The van der Waals surface area contributed by atoms with E-state index in [2.05, 4.69) is 0 Å². The first-order valence-electron chi connectivity index (χ1n) is 7.69. The van der Waals surface area contributed by atoms with E-state index in [4.69, 9.17) is 4.74 Å². The Morgan fingerprint density at radius 1 is 0.917 bits per heavy atom. The van der Waals surface area contributed by atoms with Crippen LogP contribution >= 0.6 is 0 Å². The van der Waals surface area contributed by atoms with E-state index < -0.39 is 0 Å². The van der Waals surface area contributed by atoms with Gasteiger partial charge in [-0.15, -0.1) is 0 Å². The molecular formula is C19H22N2O3. The van der Waals surface area contributed by atoms with Gasteiger partial charge >= 0.3 is 0 Å². The van der Waals surface area contributed by atoms with Crippen molar-refractivity contribution >= 4 is 11.8 Å². The molecule has 0 atom stereocenters. The van der Waals surface area contributed by atoms with Crippen LogP contribution in [0.25, 0.3) is 0 Å². The molecule has 0 aromatic heterocycles. The third-order valence-corrected chi connectivity index (χ3v) is 3.77. The highest BCUT2D eigenvalue weighted by atomic mass is 16.5. The van der Waals surface area contributed by atoms with Gasteiger partial charge in [0.25, 0.3) is 5.91 Å². The van der Waals surface area contributed by atoms with Crippen molar-refractivity contribution in [1.29, 1.82) is 0 Å². The summed E-state index contributed by atoms with van der Waals surface area (Å²) in [5, 5.41) is 0. The summed E-state index contributed by atoms with van der Waals surface area (Å²) in [4.78, 5) is 27.7. The Morgan fingerprint density at radius 2 is 1.54 bits per heavy atom. The molecule has 2 aromatic rings.